The number of carbonyl (C=O) groups is 2. The topological polar surface area (TPSA) is 117 Å². The first kappa shape index (κ1) is 37.9. The van der Waals surface area contributed by atoms with Gasteiger partial charge in [-0.3, -0.25) is 19.2 Å². The molecule has 0 spiro atoms. The number of rotatable bonds is 10. The van der Waals surface area contributed by atoms with E-state index in [2.05, 4.69) is 34.2 Å². The predicted octanol–water partition coefficient (Wildman–Crippen LogP) is 6.45. The van der Waals surface area contributed by atoms with Gasteiger partial charge in [0.15, 0.2) is 0 Å². The molecule has 288 valence electrons. The van der Waals surface area contributed by atoms with Gasteiger partial charge in [-0.2, -0.15) is 5.10 Å². The molecule has 2 amide bonds. The van der Waals surface area contributed by atoms with Crippen LogP contribution in [0.15, 0.2) is 49.2 Å². The van der Waals surface area contributed by atoms with Crippen molar-refractivity contribution in [1.29, 1.82) is 0 Å². The molecule has 3 aliphatic heterocycles. The number of benzene rings is 2. The lowest BCUT2D eigenvalue weighted by molar-refractivity contribution is 0.0523. The molecule has 4 aliphatic rings. The molecule has 2 saturated heterocycles. The standard InChI is InChI=1S/C42H54N6O5S/c1-7-48-40(38(23-43-48)42(50)46-25-34-15-16-35(26-46)45(34)5)33-20-32-21-36(53-6)17-18-37(32)28(4)47(24-33)39-22-31(41(49)44-54(51,52)27(2)3)14-13-30(39)19-29-11-9-8-10-12-29/h13-14,17-18,20-23,27,29,34-35H,4,7-12,15-16,19,24-26H2,1-3,5-6H3,(H,44,49). The van der Waals surface area contributed by atoms with Gasteiger partial charge in [-0.15, -0.1) is 0 Å². The van der Waals surface area contributed by atoms with Gasteiger partial charge in [-0.1, -0.05) is 44.7 Å². The Balaban J connectivity index is 1.35. The van der Waals surface area contributed by atoms with E-state index in [-0.39, 0.29) is 11.5 Å². The summed E-state index contributed by atoms with van der Waals surface area (Å²) in [7, 11) is -0.0459. The van der Waals surface area contributed by atoms with Crippen molar-refractivity contribution in [3.63, 3.8) is 0 Å². The molecule has 3 fully saturated rings. The molecule has 0 radical (unpaired) electrons. The third-order valence-corrected chi connectivity index (χ3v) is 13.8. The van der Waals surface area contributed by atoms with E-state index in [1.807, 2.05) is 46.8 Å². The van der Waals surface area contributed by atoms with E-state index >= 15 is 0 Å². The highest BCUT2D eigenvalue weighted by atomic mass is 32.2. The Bertz CT molecular complexity index is 2070. The number of aryl methyl sites for hydroxylation is 1. The van der Waals surface area contributed by atoms with Crippen molar-refractivity contribution in [1.82, 2.24) is 24.3 Å². The number of piperazine rings is 1. The van der Waals surface area contributed by atoms with Crippen LogP contribution in [0, 0.1) is 5.92 Å². The maximum atomic E-state index is 14.5. The molecule has 7 rings (SSSR count). The minimum absolute atomic E-state index is 0.0147. The highest BCUT2D eigenvalue weighted by molar-refractivity contribution is 7.90. The van der Waals surface area contributed by atoms with E-state index in [9.17, 15) is 18.0 Å². The number of fused-ring (bicyclic) bond motifs is 3. The predicted molar refractivity (Wildman–Crippen MR) is 214 cm³/mol. The number of amides is 2. The number of hydrogen-bond acceptors (Lipinski definition) is 8. The zero-order valence-electron chi connectivity index (χ0n) is 32.3. The molecule has 2 bridgehead atoms. The molecule has 2 unspecified atom stereocenters. The summed E-state index contributed by atoms with van der Waals surface area (Å²) in [5.41, 5.74) is 6.81. The SMILES string of the molecule is C=C1c2ccc(OC)cc2C=C(c2c(C(=O)N3CC4CCC(C3)N4C)cnn2CC)CN1c1cc(C(=O)NS(=O)(=O)C(C)C)ccc1CC1CCCCC1. The van der Waals surface area contributed by atoms with Gasteiger partial charge < -0.3 is 14.5 Å². The fourth-order valence-electron chi connectivity index (χ4n) is 8.78. The van der Waals surface area contributed by atoms with Crippen LogP contribution in [0.25, 0.3) is 17.3 Å². The van der Waals surface area contributed by atoms with Crippen LogP contribution in [0.2, 0.25) is 0 Å². The van der Waals surface area contributed by atoms with E-state index in [4.69, 9.17) is 9.84 Å². The highest BCUT2D eigenvalue weighted by Crippen LogP contribution is 2.41. The average molecular weight is 755 g/mol. The van der Waals surface area contributed by atoms with Gasteiger partial charge >= 0.3 is 0 Å². The van der Waals surface area contributed by atoms with Crippen molar-refractivity contribution >= 4 is 44.9 Å². The van der Waals surface area contributed by atoms with Crippen LogP contribution < -0.4 is 14.4 Å². The number of nitrogens with one attached hydrogen (secondary N) is 1. The number of nitrogens with zero attached hydrogens (tertiary/aromatic N) is 5. The first-order valence-corrected chi connectivity index (χ1v) is 21.0. The lowest BCUT2D eigenvalue weighted by Gasteiger charge is -2.39. The summed E-state index contributed by atoms with van der Waals surface area (Å²) in [6.45, 7) is 12.0. The molecule has 1 aromatic heterocycles. The number of hydrogen-bond donors (Lipinski definition) is 1. The summed E-state index contributed by atoms with van der Waals surface area (Å²) >= 11 is 0. The van der Waals surface area contributed by atoms with Gasteiger partial charge in [-0.05, 0) is 106 Å². The van der Waals surface area contributed by atoms with Gasteiger partial charge in [0, 0.05) is 54.2 Å². The Morgan fingerprint density at radius 2 is 1.74 bits per heavy atom. The van der Waals surface area contributed by atoms with Crippen molar-refractivity contribution < 1.29 is 22.7 Å². The summed E-state index contributed by atoms with van der Waals surface area (Å²) in [5.74, 6) is 0.504. The second kappa shape index (κ2) is 15.4. The molecular formula is C42H54N6O5S. The molecular weight excluding hydrogens is 701 g/mol. The monoisotopic (exact) mass is 754 g/mol. The smallest absolute Gasteiger partial charge is 0.264 e. The van der Waals surface area contributed by atoms with Crippen LogP contribution >= 0.6 is 0 Å². The van der Waals surface area contributed by atoms with Crippen LogP contribution in [0.1, 0.15) is 109 Å². The maximum absolute atomic E-state index is 14.5. The molecule has 4 heterocycles. The number of anilines is 1. The molecule has 12 heteroatoms. The van der Waals surface area contributed by atoms with Crippen molar-refractivity contribution in [2.24, 2.45) is 5.92 Å². The van der Waals surface area contributed by atoms with Crippen LogP contribution in [0.5, 0.6) is 5.75 Å². The molecule has 54 heavy (non-hydrogen) atoms. The number of ether oxygens (including phenoxy) is 1. The second-order valence-electron chi connectivity index (χ2n) is 15.7. The van der Waals surface area contributed by atoms with Crippen LogP contribution in [0.3, 0.4) is 0 Å². The Morgan fingerprint density at radius 3 is 2.41 bits per heavy atom. The van der Waals surface area contributed by atoms with Crippen molar-refractivity contribution in [3.8, 4) is 5.75 Å². The van der Waals surface area contributed by atoms with E-state index < -0.39 is 21.2 Å². The number of likely N-dealkylation sites (tertiary alicyclic amines) is 1. The van der Waals surface area contributed by atoms with E-state index in [0.29, 0.717) is 55.5 Å². The van der Waals surface area contributed by atoms with Gasteiger partial charge in [-0.25, -0.2) is 13.1 Å². The van der Waals surface area contributed by atoms with E-state index in [0.717, 1.165) is 71.4 Å². The van der Waals surface area contributed by atoms with Crippen LogP contribution in [-0.4, -0.2) is 90.9 Å². The molecule has 1 N–H and O–H groups in total. The summed E-state index contributed by atoms with van der Waals surface area (Å²) < 4.78 is 35.4. The third kappa shape index (κ3) is 7.34. The minimum atomic E-state index is -3.85. The molecule has 2 atom stereocenters. The highest BCUT2D eigenvalue weighted by Gasteiger charge is 2.40. The van der Waals surface area contributed by atoms with Crippen LogP contribution in [0.4, 0.5) is 5.69 Å². The van der Waals surface area contributed by atoms with E-state index in [1.54, 1.807) is 33.2 Å². The molecule has 3 aromatic rings. The number of carbonyl (C=O) groups excluding carboxylic acids is 2. The first-order chi connectivity index (χ1) is 25.9. The third-order valence-electron chi connectivity index (χ3n) is 12.1. The largest absolute Gasteiger partial charge is 0.497 e. The Hall–Kier alpha value is -4.42. The first-order valence-electron chi connectivity index (χ1n) is 19.5. The lowest BCUT2D eigenvalue weighted by Crippen LogP contribution is -2.53. The molecule has 11 nitrogen and oxygen atoms in total. The number of sulfonamides is 1. The second-order valence-corrected chi connectivity index (χ2v) is 18.0. The van der Waals surface area contributed by atoms with Gasteiger partial charge in [0.2, 0.25) is 10.0 Å². The average Bonchev–Trinajstić information content (AvgIpc) is 3.61. The fraction of sp³-hybridized carbons (Fsp3) is 0.500. The number of likely N-dealkylation sites (N-methyl/N-ethyl adjacent to an activating group) is 1. The quantitative estimate of drug-likeness (QED) is 0.251. The lowest BCUT2D eigenvalue weighted by atomic mass is 9.84. The van der Waals surface area contributed by atoms with Crippen molar-refractivity contribution in [3.05, 3.63) is 82.7 Å². The van der Waals surface area contributed by atoms with Gasteiger partial charge in [0.25, 0.3) is 11.8 Å². The number of methoxy groups -OCH3 is 1. The Kier molecular flexibility index (Phi) is 10.8. The van der Waals surface area contributed by atoms with Crippen molar-refractivity contribution in [2.75, 3.05) is 38.7 Å². The Morgan fingerprint density at radius 1 is 1.02 bits per heavy atom. The Labute approximate surface area is 320 Å². The minimum Gasteiger partial charge on any atom is -0.497 e. The summed E-state index contributed by atoms with van der Waals surface area (Å²) in [4.78, 5) is 34.6. The van der Waals surface area contributed by atoms with Crippen LogP contribution in [-0.2, 0) is 23.0 Å². The normalized spacial score (nSPS) is 20.9. The molecule has 2 aromatic carbocycles. The zero-order chi connectivity index (χ0) is 38.3. The maximum Gasteiger partial charge on any atom is 0.264 e. The zero-order valence-corrected chi connectivity index (χ0v) is 33.1. The summed E-state index contributed by atoms with van der Waals surface area (Å²) in [6.07, 6.45) is 12.7. The molecule has 1 aliphatic carbocycles. The van der Waals surface area contributed by atoms with E-state index in [1.165, 1.54) is 19.3 Å². The summed E-state index contributed by atoms with van der Waals surface area (Å²) in [6, 6.07) is 12.1. The van der Waals surface area contributed by atoms with Crippen molar-refractivity contribution in [2.45, 2.75) is 96.0 Å². The molecule has 1 saturated carbocycles. The summed E-state index contributed by atoms with van der Waals surface area (Å²) in [5, 5.41) is 3.99. The van der Waals surface area contributed by atoms with Gasteiger partial charge in [0.05, 0.1) is 36.4 Å². The number of aromatic nitrogens is 2. The van der Waals surface area contributed by atoms with Gasteiger partial charge in [0.1, 0.15) is 5.75 Å². The fourth-order valence-corrected chi connectivity index (χ4v) is 9.39.